The normalized spacial score (nSPS) is 13.1. The molecule has 9 aromatic rings. The van der Waals surface area contributed by atoms with Crippen LogP contribution < -0.4 is 5.32 Å². The molecule has 1 aromatic heterocycles. The van der Waals surface area contributed by atoms with Gasteiger partial charge in [-0.1, -0.05) is 158 Å². The fourth-order valence-corrected chi connectivity index (χ4v) is 9.49. The van der Waals surface area contributed by atoms with Crippen molar-refractivity contribution < 1.29 is 0 Å². The molecular weight excluding hydrogens is 611 g/mol. The Kier molecular flexibility index (Phi) is 6.34. The number of rotatable bonds is 5. The van der Waals surface area contributed by atoms with Crippen LogP contribution >= 0.6 is 11.3 Å². The molecule has 0 bridgehead atoms. The van der Waals surface area contributed by atoms with Crippen molar-refractivity contribution in [3.05, 3.63) is 204 Å². The average Bonchev–Trinajstić information content (AvgIpc) is 3.71. The quantitative estimate of drug-likeness (QED) is 0.197. The summed E-state index contributed by atoms with van der Waals surface area (Å²) in [4.78, 5) is 0. The van der Waals surface area contributed by atoms with Gasteiger partial charge in [0.05, 0.1) is 15.8 Å². The maximum Gasteiger partial charge on any atom is 0.0713 e. The van der Waals surface area contributed by atoms with Crippen LogP contribution in [0.1, 0.15) is 22.3 Å². The Hall–Kier alpha value is -5.96. The smallest absolute Gasteiger partial charge is 0.0713 e. The van der Waals surface area contributed by atoms with E-state index in [-0.39, 0.29) is 0 Å². The van der Waals surface area contributed by atoms with Crippen LogP contribution in [0.5, 0.6) is 0 Å². The summed E-state index contributed by atoms with van der Waals surface area (Å²) in [6.45, 7) is 0. The fraction of sp³-hybridized carbons (Fsp3) is 0.0213. The van der Waals surface area contributed by atoms with Gasteiger partial charge in [0.1, 0.15) is 0 Å². The fourth-order valence-electron chi connectivity index (χ4n) is 8.18. The highest BCUT2D eigenvalue weighted by molar-refractivity contribution is 7.27. The van der Waals surface area contributed by atoms with Crippen LogP contribution in [-0.4, -0.2) is 0 Å². The van der Waals surface area contributed by atoms with Gasteiger partial charge in [-0.15, -0.1) is 11.3 Å². The Morgan fingerprint density at radius 3 is 1.90 bits per heavy atom. The lowest BCUT2D eigenvalue weighted by molar-refractivity contribution is 0.769. The van der Waals surface area contributed by atoms with E-state index in [9.17, 15) is 0 Å². The van der Waals surface area contributed by atoms with Gasteiger partial charge in [0.2, 0.25) is 0 Å². The minimum atomic E-state index is -0.415. The molecule has 1 N–H and O–H groups in total. The number of fused-ring (bicyclic) bond motifs is 8. The van der Waals surface area contributed by atoms with E-state index in [2.05, 4.69) is 187 Å². The molecule has 0 saturated heterocycles. The second kappa shape index (κ2) is 11.1. The summed E-state index contributed by atoms with van der Waals surface area (Å²) in [5.41, 5.74) is 12.0. The molecule has 0 saturated carbocycles. The van der Waals surface area contributed by atoms with Gasteiger partial charge in [-0.3, -0.25) is 0 Å². The lowest BCUT2D eigenvalue weighted by Crippen LogP contribution is -2.28. The van der Waals surface area contributed by atoms with E-state index in [0.717, 1.165) is 11.4 Å². The Labute approximate surface area is 289 Å². The molecule has 1 nitrogen and oxygen atoms in total. The maximum absolute atomic E-state index is 3.81. The largest absolute Gasteiger partial charge is 0.354 e. The monoisotopic (exact) mass is 641 g/mol. The molecule has 2 heteroatoms. The molecule has 10 rings (SSSR count). The average molecular weight is 642 g/mol. The van der Waals surface area contributed by atoms with Crippen LogP contribution in [0.2, 0.25) is 0 Å². The zero-order valence-electron chi connectivity index (χ0n) is 26.7. The number of nitrogens with one attached hydrogen (secondary N) is 1. The van der Waals surface area contributed by atoms with Crippen molar-refractivity contribution in [3.63, 3.8) is 0 Å². The second-order valence-electron chi connectivity index (χ2n) is 12.9. The summed E-state index contributed by atoms with van der Waals surface area (Å²) < 4.78 is 2.63. The van der Waals surface area contributed by atoms with Crippen molar-refractivity contribution >= 4 is 53.7 Å². The molecule has 0 atom stereocenters. The van der Waals surface area contributed by atoms with Crippen molar-refractivity contribution in [2.45, 2.75) is 5.41 Å². The molecule has 0 amide bonds. The Morgan fingerprint density at radius 2 is 1.06 bits per heavy atom. The summed E-state index contributed by atoms with van der Waals surface area (Å²) in [6, 6.07) is 66.7. The predicted molar refractivity (Wildman–Crippen MR) is 209 cm³/mol. The first-order chi connectivity index (χ1) is 24.3. The van der Waals surface area contributed by atoms with Crippen LogP contribution in [0.15, 0.2) is 182 Å². The van der Waals surface area contributed by atoms with Crippen molar-refractivity contribution in [2.24, 2.45) is 0 Å². The molecule has 0 unspecified atom stereocenters. The molecule has 8 aromatic carbocycles. The maximum atomic E-state index is 3.81. The van der Waals surface area contributed by atoms with Gasteiger partial charge in [-0.25, -0.2) is 0 Å². The molecule has 1 aliphatic carbocycles. The van der Waals surface area contributed by atoms with Gasteiger partial charge in [0.25, 0.3) is 0 Å². The number of thiophene rings is 1. The molecule has 49 heavy (non-hydrogen) atoms. The zero-order chi connectivity index (χ0) is 32.4. The third-order valence-corrected chi connectivity index (χ3v) is 11.6. The van der Waals surface area contributed by atoms with Crippen LogP contribution in [-0.2, 0) is 5.41 Å². The molecule has 1 aliphatic rings. The van der Waals surface area contributed by atoms with Gasteiger partial charge in [-0.2, -0.15) is 0 Å². The van der Waals surface area contributed by atoms with Crippen LogP contribution in [0, 0.1) is 0 Å². The van der Waals surface area contributed by atoms with E-state index in [1.165, 1.54) is 75.5 Å². The van der Waals surface area contributed by atoms with E-state index >= 15 is 0 Å². The van der Waals surface area contributed by atoms with E-state index in [4.69, 9.17) is 0 Å². The molecule has 0 spiro atoms. The first-order valence-electron chi connectivity index (χ1n) is 16.8. The van der Waals surface area contributed by atoms with Crippen LogP contribution in [0.25, 0.3) is 53.2 Å². The highest BCUT2D eigenvalue weighted by atomic mass is 32.1. The van der Waals surface area contributed by atoms with Crippen LogP contribution in [0.4, 0.5) is 11.4 Å². The lowest BCUT2D eigenvalue weighted by atomic mass is 9.67. The Morgan fingerprint density at radius 1 is 0.408 bits per heavy atom. The van der Waals surface area contributed by atoms with Crippen molar-refractivity contribution in [2.75, 3.05) is 5.32 Å². The SMILES string of the molecule is c1ccc(C2(c3ccccc3)c3ccccc3-c3ccc(-c4cccc(Nc5cccc6c5sc5c7ccccc7ccc65)c4)cc32)cc1. The molecule has 1 heterocycles. The highest BCUT2D eigenvalue weighted by Crippen LogP contribution is 2.56. The number of hydrogen-bond acceptors (Lipinski definition) is 2. The standard InChI is InChI=1S/C47H31NS/c1-3-15-34(16-4-1)47(35-17-5-2-6-18-35)42-23-10-9-21-38(42)39-27-26-33(30-43(39)47)32-14-11-19-36(29-32)48-44-24-12-22-40-41-28-25-31-13-7-8-20-37(31)45(41)49-46(40)44/h1-30,48H. The molecular formula is C47H31NS. The molecule has 230 valence electrons. The number of hydrogen-bond donors (Lipinski definition) is 1. The first kappa shape index (κ1) is 28.1. The summed E-state index contributed by atoms with van der Waals surface area (Å²) in [5.74, 6) is 0. The van der Waals surface area contributed by atoms with Gasteiger partial charge in [0.15, 0.2) is 0 Å². The van der Waals surface area contributed by atoms with Gasteiger partial charge in [-0.05, 0) is 79.5 Å². The van der Waals surface area contributed by atoms with Gasteiger partial charge >= 0.3 is 0 Å². The number of benzene rings is 8. The highest BCUT2D eigenvalue weighted by Gasteiger charge is 2.46. The van der Waals surface area contributed by atoms with Gasteiger partial charge in [0, 0.05) is 21.2 Å². The summed E-state index contributed by atoms with van der Waals surface area (Å²) in [6.07, 6.45) is 0. The summed E-state index contributed by atoms with van der Waals surface area (Å²) in [7, 11) is 0. The Balaban J connectivity index is 1.10. The van der Waals surface area contributed by atoms with Crippen molar-refractivity contribution in [1.82, 2.24) is 0 Å². The van der Waals surface area contributed by atoms with E-state index < -0.39 is 5.41 Å². The van der Waals surface area contributed by atoms with Crippen molar-refractivity contribution in [1.29, 1.82) is 0 Å². The van der Waals surface area contributed by atoms with E-state index in [0.29, 0.717) is 0 Å². The zero-order valence-corrected chi connectivity index (χ0v) is 27.5. The first-order valence-corrected chi connectivity index (χ1v) is 17.7. The second-order valence-corrected chi connectivity index (χ2v) is 14.0. The Bertz CT molecular complexity index is 2650. The van der Waals surface area contributed by atoms with E-state index in [1.54, 1.807) is 0 Å². The van der Waals surface area contributed by atoms with E-state index in [1.807, 2.05) is 11.3 Å². The molecule has 0 fully saturated rings. The topological polar surface area (TPSA) is 12.0 Å². The molecule has 0 radical (unpaired) electrons. The van der Waals surface area contributed by atoms with Crippen molar-refractivity contribution in [3.8, 4) is 22.3 Å². The van der Waals surface area contributed by atoms with Gasteiger partial charge < -0.3 is 5.32 Å². The minimum absolute atomic E-state index is 0.415. The summed E-state index contributed by atoms with van der Waals surface area (Å²) in [5, 5.41) is 9.02. The minimum Gasteiger partial charge on any atom is -0.354 e. The molecule has 0 aliphatic heterocycles. The lowest BCUT2D eigenvalue weighted by Gasteiger charge is -2.34. The third-order valence-electron chi connectivity index (χ3n) is 10.3. The predicted octanol–water partition coefficient (Wildman–Crippen LogP) is 13.0. The third kappa shape index (κ3) is 4.24. The summed E-state index contributed by atoms with van der Waals surface area (Å²) >= 11 is 1.88. The van der Waals surface area contributed by atoms with Crippen LogP contribution in [0.3, 0.4) is 0 Å². The number of anilines is 2.